The van der Waals surface area contributed by atoms with Crippen molar-refractivity contribution in [2.45, 2.75) is 9.79 Å². The second kappa shape index (κ2) is 8.55. The van der Waals surface area contributed by atoms with Gasteiger partial charge in [0.25, 0.3) is 0 Å². The fraction of sp³-hybridized carbons (Fsp3) is 0. The maximum absolute atomic E-state index is 13.1. The highest BCUT2D eigenvalue weighted by Crippen LogP contribution is 2.28. The predicted molar refractivity (Wildman–Crippen MR) is 111 cm³/mol. The van der Waals surface area contributed by atoms with Crippen LogP contribution in [0.25, 0.3) is 0 Å². The van der Waals surface area contributed by atoms with Gasteiger partial charge in [0.05, 0.1) is 10.8 Å². The summed E-state index contributed by atoms with van der Waals surface area (Å²) in [6, 6.07) is 33.7. The van der Waals surface area contributed by atoms with E-state index in [4.69, 9.17) is 9.47 Å². The third kappa shape index (κ3) is 4.48. The fourth-order valence-electron chi connectivity index (χ4n) is 2.69. The molecule has 0 saturated carbocycles. The first-order valence-corrected chi connectivity index (χ1v) is 10.0. The molecule has 0 aliphatic heterocycles. The van der Waals surface area contributed by atoms with Gasteiger partial charge in [-0.25, -0.2) is 4.21 Å². The molecule has 138 valence electrons. The molecular formula is C24H18O3S. The Balaban J connectivity index is 1.54. The molecule has 0 atom stereocenters. The monoisotopic (exact) mass is 386 g/mol. The van der Waals surface area contributed by atoms with E-state index in [1.807, 2.05) is 97.1 Å². The third-order valence-electron chi connectivity index (χ3n) is 4.00. The molecular weight excluding hydrogens is 368 g/mol. The van der Waals surface area contributed by atoms with Gasteiger partial charge in [0.15, 0.2) is 0 Å². The zero-order valence-electron chi connectivity index (χ0n) is 15.0. The van der Waals surface area contributed by atoms with Crippen molar-refractivity contribution >= 4 is 10.8 Å². The van der Waals surface area contributed by atoms with Gasteiger partial charge < -0.3 is 9.47 Å². The van der Waals surface area contributed by atoms with E-state index < -0.39 is 10.8 Å². The van der Waals surface area contributed by atoms with Crippen LogP contribution in [-0.4, -0.2) is 4.21 Å². The Kier molecular flexibility index (Phi) is 5.50. The highest BCUT2D eigenvalue weighted by atomic mass is 32.2. The van der Waals surface area contributed by atoms with E-state index in [2.05, 4.69) is 0 Å². The van der Waals surface area contributed by atoms with Gasteiger partial charge in [-0.1, -0.05) is 48.5 Å². The van der Waals surface area contributed by atoms with Crippen LogP contribution in [0.15, 0.2) is 119 Å². The first-order valence-electron chi connectivity index (χ1n) is 8.86. The van der Waals surface area contributed by atoms with Crippen LogP contribution in [-0.2, 0) is 10.8 Å². The van der Waals surface area contributed by atoms with Crippen LogP contribution < -0.4 is 9.47 Å². The van der Waals surface area contributed by atoms with E-state index in [0.29, 0.717) is 21.3 Å². The van der Waals surface area contributed by atoms with Crippen molar-refractivity contribution < 1.29 is 13.7 Å². The molecule has 0 saturated heterocycles. The van der Waals surface area contributed by atoms with E-state index in [0.717, 1.165) is 11.5 Å². The van der Waals surface area contributed by atoms with Gasteiger partial charge in [-0.15, -0.1) is 0 Å². The number of hydrogen-bond acceptors (Lipinski definition) is 3. The molecule has 0 bridgehead atoms. The molecule has 0 spiro atoms. The van der Waals surface area contributed by atoms with Crippen LogP contribution in [0.2, 0.25) is 0 Å². The number of hydrogen-bond donors (Lipinski definition) is 0. The second-order valence-electron chi connectivity index (χ2n) is 6.05. The van der Waals surface area contributed by atoms with Crippen molar-refractivity contribution in [3.63, 3.8) is 0 Å². The number of benzene rings is 4. The number of para-hydroxylation sites is 2. The molecule has 28 heavy (non-hydrogen) atoms. The SMILES string of the molecule is O=S(c1cccc(Oc2ccccc2)c1)c1cccc(Oc2ccccc2)c1. The van der Waals surface area contributed by atoms with Gasteiger partial charge in [0.2, 0.25) is 0 Å². The van der Waals surface area contributed by atoms with Gasteiger partial charge in [-0.2, -0.15) is 0 Å². The lowest BCUT2D eigenvalue weighted by molar-refractivity contribution is 0.481. The van der Waals surface area contributed by atoms with Crippen molar-refractivity contribution in [3.8, 4) is 23.0 Å². The molecule has 0 radical (unpaired) electrons. The minimum atomic E-state index is -1.34. The molecule has 0 aliphatic carbocycles. The van der Waals surface area contributed by atoms with Crippen LogP contribution in [0.1, 0.15) is 0 Å². The summed E-state index contributed by atoms with van der Waals surface area (Å²) in [7, 11) is -1.34. The molecule has 3 nitrogen and oxygen atoms in total. The summed E-state index contributed by atoms with van der Waals surface area (Å²) in [5, 5.41) is 0. The maximum atomic E-state index is 13.1. The summed E-state index contributed by atoms with van der Waals surface area (Å²) in [5.74, 6) is 2.77. The molecule has 4 heteroatoms. The quantitative estimate of drug-likeness (QED) is 0.383. The molecule has 4 aromatic carbocycles. The summed E-state index contributed by atoms with van der Waals surface area (Å²) in [4.78, 5) is 1.34. The molecule has 0 amide bonds. The van der Waals surface area contributed by atoms with Crippen LogP contribution in [0.5, 0.6) is 23.0 Å². The zero-order chi connectivity index (χ0) is 19.2. The molecule has 0 aromatic heterocycles. The first-order chi connectivity index (χ1) is 13.8. The molecule has 0 unspecified atom stereocenters. The topological polar surface area (TPSA) is 35.5 Å². The van der Waals surface area contributed by atoms with Crippen molar-refractivity contribution in [2.24, 2.45) is 0 Å². The molecule has 0 aliphatic rings. The van der Waals surface area contributed by atoms with Gasteiger partial charge in [0.1, 0.15) is 23.0 Å². The standard InChI is InChI=1S/C24H18O3S/c25-28(23-15-7-13-21(17-23)26-19-9-3-1-4-10-19)24-16-8-14-22(18-24)27-20-11-5-2-6-12-20/h1-18H. The smallest absolute Gasteiger partial charge is 0.128 e. The van der Waals surface area contributed by atoms with E-state index in [1.54, 1.807) is 12.1 Å². The first kappa shape index (κ1) is 18.0. The summed E-state index contributed by atoms with van der Waals surface area (Å²) < 4.78 is 24.8. The summed E-state index contributed by atoms with van der Waals surface area (Å²) >= 11 is 0. The van der Waals surface area contributed by atoms with Crippen molar-refractivity contribution in [1.82, 2.24) is 0 Å². The van der Waals surface area contributed by atoms with Crippen LogP contribution in [0.3, 0.4) is 0 Å². The largest absolute Gasteiger partial charge is 0.457 e. The molecule has 0 fully saturated rings. The Morgan fingerprint density at radius 3 is 1.29 bits per heavy atom. The van der Waals surface area contributed by atoms with Gasteiger partial charge in [-0.3, -0.25) is 0 Å². The lowest BCUT2D eigenvalue weighted by Gasteiger charge is -2.09. The minimum absolute atomic E-state index is 0.647. The normalized spacial score (nSPS) is 10.6. The third-order valence-corrected chi connectivity index (χ3v) is 5.36. The van der Waals surface area contributed by atoms with Crippen LogP contribution in [0, 0.1) is 0 Å². The van der Waals surface area contributed by atoms with Gasteiger partial charge in [0, 0.05) is 9.79 Å². The van der Waals surface area contributed by atoms with Gasteiger partial charge in [-0.05, 0) is 60.7 Å². The van der Waals surface area contributed by atoms with Gasteiger partial charge >= 0.3 is 0 Å². The van der Waals surface area contributed by atoms with Crippen LogP contribution >= 0.6 is 0 Å². The molecule has 0 heterocycles. The average Bonchev–Trinajstić information content (AvgIpc) is 2.75. The van der Waals surface area contributed by atoms with Crippen molar-refractivity contribution in [3.05, 3.63) is 109 Å². The van der Waals surface area contributed by atoms with E-state index in [1.165, 1.54) is 0 Å². The Morgan fingerprint density at radius 2 is 0.857 bits per heavy atom. The average molecular weight is 386 g/mol. The minimum Gasteiger partial charge on any atom is -0.457 e. The highest BCUT2D eigenvalue weighted by Gasteiger charge is 2.10. The molecule has 4 rings (SSSR count). The lowest BCUT2D eigenvalue weighted by atomic mass is 10.3. The van der Waals surface area contributed by atoms with E-state index in [9.17, 15) is 4.21 Å². The van der Waals surface area contributed by atoms with Crippen molar-refractivity contribution in [1.29, 1.82) is 0 Å². The molecule has 4 aromatic rings. The highest BCUT2D eigenvalue weighted by molar-refractivity contribution is 7.85. The summed E-state index contributed by atoms with van der Waals surface area (Å²) in [6.45, 7) is 0. The van der Waals surface area contributed by atoms with E-state index >= 15 is 0 Å². The van der Waals surface area contributed by atoms with Crippen LogP contribution in [0.4, 0.5) is 0 Å². The predicted octanol–water partition coefficient (Wildman–Crippen LogP) is 6.44. The Hall–Kier alpha value is -3.37. The Bertz CT molecular complexity index is 992. The van der Waals surface area contributed by atoms with E-state index in [-0.39, 0.29) is 0 Å². The lowest BCUT2D eigenvalue weighted by Crippen LogP contribution is -1.94. The Morgan fingerprint density at radius 1 is 0.464 bits per heavy atom. The Labute approximate surface area is 166 Å². The summed E-state index contributed by atoms with van der Waals surface area (Å²) in [5.41, 5.74) is 0. The number of ether oxygens (including phenoxy) is 2. The second-order valence-corrected chi connectivity index (χ2v) is 7.53. The summed E-state index contributed by atoms with van der Waals surface area (Å²) in [6.07, 6.45) is 0. The zero-order valence-corrected chi connectivity index (χ0v) is 15.8. The number of rotatable bonds is 6. The fourth-order valence-corrected chi connectivity index (χ4v) is 3.81. The maximum Gasteiger partial charge on any atom is 0.128 e. The molecule has 0 N–H and O–H groups in total. The van der Waals surface area contributed by atoms with Crippen molar-refractivity contribution in [2.75, 3.05) is 0 Å².